The van der Waals surface area contributed by atoms with E-state index in [2.05, 4.69) is 0 Å². The summed E-state index contributed by atoms with van der Waals surface area (Å²) in [5.74, 6) is -10.6. The van der Waals surface area contributed by atoms with Crippen molar-refractivity contribution in [1.29, 1.82) is 0 Å². The molecule has 0 radical (unpaired) electrons. The molecule has 0 aromatic heterocycles. The molecule has 0 saturated carbocycles. The summed E-state index contributed by atoms with van der Waals surface area (Å²) in [6.07, 6.45) is -0.340. The number of hydroxylamine groups is 4. The van der Waals surface area contributed by atoms with E-state index in [1.807, 2.05) is 0 Å². The van der Waals surface area contributed by atoms with Crippen molar-refractivity contribution in [1.82, 2.24) is 10.1 Å². The number of hydrogen-bond acceptors (Lipinski definition) is 13. The molecule has 0 bridgehead atoms. The topological polar surface area (TPSA) is 189 Å². The highest BCUT2D eigenvalue weighted by atomic mass is 16.7. The maximum absolute atomic E-state index is 12.4. The van der Waals surface area contributed by atoms with E-state index in [0.29, 0.717) is 10.1 Å². The van der Waals surface area contributed by atoms with Gasteiger partial charge in [-0.2, -0.15) is 0 Å². The van der Waals surface area contributed by atoms with Crippen LogP contribution in [0.15, 0.2) is 0 Å². The van der Waals surface area contributed by atoms with Crippen LogP contribution in [-0.4, -0.2) is 84.1 Å². The molecule has 216 valence electrons. The van der Waals surface area contributed by atoms with Crippen molar-refractivity contribution in [2.45, 2.75) is 53.4 Å². The van der Waals surface area contributed by atoms with E-state index in [9.17, 15) is 38.4 Å². The van der Waals surface area contributed by atoms with E-state index in [1.54, 1.807) is 27.7 Å². The van der Waals surface area contributed by atoms with Gasteiger partial charge in [-0.25, -0.2) is 9.59 Å². The van der Waals surface area contributed by atoms with Crippen molar-refractivity contribution in [3.05, 3.63) is 0 Å². The van der Waals surface area contributed by atoms with Crippen molar-refractivity contribution in [3.8, 4) is 0 Å². The summed E-state index contributed by atoms with van der Waals surface area (Å²) in [6, 6.07) is 0. The van der Waals surface area contributed by atoms with Crippen LogP contribution < -0.4 is 0 Å². The van der Waals surface area contributed by atoms with Crippen LogP contribution >= 0.6 is 0 Å². The number of ether oxygens (including phenoxy) is 3. The molecule has 39 heavy (non-hydrogen) atoms. The Morgan fingerprint density at radius 3 is 1.15 bits per heavy atom. The first-order chi connectivity index (χ1) is 18.3. The van der Waals surface area contributed by atoms with Crippen LogP contribution in [0.25, 0.3) is 0 Å². The number of hydrogen-bond donors (Lipinski definition) is 0. The molecular weight excluding hydrogens is 524 g/mol. The highest BCUT2D eigenvalue weighted by Crippen LogP contribution is 2.20. The Hall–Kier alpha value is -3.88. The number of rotatable bonds is 14. The Morgan fingerprint density at radius 1 is 0.564 bits per heavy atom. The SMILES string of the molecule is CC(C)[C@H](C(=O)OCCOCCOC(=O)[C@@H](C(=O)ON1C(=O)CCC1=O)C(C)C)C(=O)ON1C(=O)CCC1=O. The first-order valence-corrected chi connectivity index (χ1v) is 12.4. The molecule has 2 aliphatic heterocycles. The largest absolute Gasteiger partial charge is 0.463 e. The number of amides is 4. The first-order valence-electron chi connectivity index (χ1n) is 12.4. The van der Waals surface area contributed by atoms with Gasteiger partial charge < -0.3 is 23.9 Å². The predicted molar refractivity (Wildman–Crippen MR) is 124 cm³/mol. The summed E-state index contributed by atoms with van der Waals surface area (Å²) in [5, 5.41) is 0.703. The summed E-state index contributed by atoms with van der Waals surface area (Å²) in [4.78, 5) is 106. The molecule has 4 amide bonds. The van der Waals surface area contributed by atoms with Crippen LogP contribution in [0.3, 0.4) is 0 Å². The normalized spacial score (nSPS) is 17.1. The zero-order valence-electron chi connectivity index (χ0n) is 22.2. The maximum Gasteiger partial charge on any atom is 0.347 e. The average molecular weight is 557 g/mol. The minimum Gasteiger partial charge on any atom is -0.463 e. The molecule has 2 saturated heterocycles. The van der Waals surface area contributed by atoms with Crippen molar-refractivity contribution in [2.24, 2.45) is 23.7 Å². The lowest BCUT2D eigenvalue weighted by molar-refractivity contribution is -0.204. The molecule has 2 fully saturated rings. The molecule has 0 spiro atoms. The van der Waals surface area contributed by atoms with E-state index < -0.39 is 71.2 Å². The van der Waals surface area contributed by atoms with Gasteiger partial charge in [-0.1, -0.05) is 27.7 Å². The molecule has 15 heteroatoms. The monoisotopic (exact) mass is 556 g/mol. The molecular formula is C24H32N2O13. The molecule has 15 nitrogen and oxygen atoms in total. The Morgan fingerprint density at radius 2 is 0.872 bits per heavy atom. The van der Waals surface area contributed by atoms with Crippen LogP contribution in [0.5, 0.6) is 0 Å². The van der Waals surface area contributed by atoms with Gasteiger partial charge in [0, 0.05) is 25.7 Å². The van der Waals surface area contributed by atoms with Crippen LogP contribution in [0.4, 0.5) is 0 Å². The molecule has 0 aliphatic carbocycles. The highest BCUT2D eigenvalue weighted by Gasteiger charge is 2.40. The molecule has 2 rings (SSSR count). The van der Waals surface area contributed by atoms with Gasteiger partial charge >= 0.3 is 23.9 Å². The summed E-state index contributed by atoms with van der Waals surface area (Å²) in [7, 11) is 0. The molecule has 2 atom stereocenters. The maximum atomic E-state index is 12.4. The van der Waals surface area contributed by atoms with Gasteiger partial charge in [0.2, 0.25) is 0 Å². The van der Waals surface area contributed by atoms with Crippen molar-refractivity contribution >= 4 is 47.5 Å². The summed E-state index contributed by atoms with van der Waals surface area (Å²) in [6.45, 7) is 5.48. The molecule has 2 aliphatic rings. The molecule has 0 aromatic rings. The zero-order valence-corrected chi connectivity index (χ0v) is 22.2. The number of nitrogens with zero attached hydrogens (tertiary/aromatic N) is 2. The number of esters is 2. The van der Waals surface area contributed by atoms with Gasteiger partial charge in [0.05, 0.1) is 13.2 Å². The minimum absolute atomic E-state index is 0.0849. The van der Waals surface area contributed by atoms with Crippen LogP contribution in [0.1, 0.15) is 53.4 Å². The molecule has 2 heterocycles. The fourth-order valence-corrected chi connectivity index (χ4v) is 3.57. The van der Waals surface area contributed by atoms with Gasteiger partial charge in [0.1, 0.15) is 13.2 Å². The average Bonchev–Trinajstić information content (AvgIpc) is 3.33. The van der Waals surface area contributed by atoms with E-state index >= 15 is 0 Å². The summed E-state index contributed by atoms with van der Waals surface area (Å²) < 4.78 is 15.3. The minimum atomic E-state index is -1.38. The van der Waals surface area contributed by atoms with Crippen LogP contribution in [0, 0.1) is 23.7 Å². The fourth-order valence-electron chi connectivity index (χ4n) is 3.57. The van der Waals surface area contributed by atoms with E-state index in [-0.39, 0.29) is 52.1 Å². The summed E-state index contributed by atoms with van der Waals surface area (Å²) >= 11 is 0. The fraction of sp³-hybridized carbons (Fsp3) is 0.667. The van der Waals surface area contributed by atoms with Gasteiger partial charge in [-0.05, 0) is 11.8 Å². The van der Waals surface area contributed by atoms with E-state index in [0.717, 1.165) is 0 Å². The lowest BCUT2D eigenvalue weighted by Crippen LogP contribution is -2.39. The second kappa shape index (κ2) is 14.3. The Balaban J connectivity index is 1.71. The number of carbonyl (C=O) groups is 8. The predicted octanol–water partition coefficient (Wildman–Crippen LogP) is -0.152. The highest BCUT2D eigenvalue weighted by molar-refractivity contribution is 6.04. The summed E-state index contributed by atoms with van der Waals surface area (Å²) in [5.41, 5.74) is 0. The van der Waals surface area contributed by atoms with E-state index in [4.69, 9.17) is 23.9 Å². The van der Waals surface area contributed by atoms with Crippen LogP contribution in [0.2, 0.25) is 0 Å². The second-order valence-corrected chi connectivity index (χ2v) is 9.38. The third-order valence-electron chi connectivity index (χ3n) is 5.67. The van der Waals surface area contributed by atoms with Gasteiger partial charge in [-0.3, -0.25) is 28.8 Å². The lowest BCUT2D eigenvalue weighted by atomic mass is 9.96. The van der Waals surface area contributed by atoms with Gasteiger partial charge in [0.25, 0.3) is 23.6 Å². The van der Waals surface area contributed by atoms with Crippen LogP contribution in [-0.2, 0) is 62.2 Å². The van der Waals surface area contributed by atoms with Gasteiger partial charge in [0.15, 0.2) is 11.8 Å². The Labute approximate surface area is 223 Å². The Kier molecular flexibility index (Phi) is 11.5. The molecule has 0 N–H and O–H groups in total. The van der Waals surface area contributed by atoms with Crippen molar-refractivity contribution in [2.75, 3.05) is 26.4 Å². The number of imide groups is 2. The third-order valence-corrected chi connectivity index (χ3v) is 5.67. The lowest BCUT2D eigenvalue weighted by Gasteiger charge is -2.21. The quantitative estimate of drug-likeness (QED) is 0.119. The standard InChI is InChI=1S/C24H32N2O13/c1-13(2)19(23(33)38-25-15(27)5-6-16(25)28)21(31)36-11-9-35-10-12-37-22(32)20(14(3)4)24(34)39-26-17(29)7-8-18(26)30/h13-14,19-20H,5-12H2,1-4H3/t19-,20+. The number of carbonyl (C=O) groups excluding carboxylic acids is 8. The molecule has 0 aromatic carbocycles. The molecule has 0 unspecified atom stereocenters. The third kappa shape index (κ3) is 8.56. The smallest absolute Gasteiger partial charge is 0.347 e. The van der Waals surface area contributed by atoms with Gasteiger partial charge in [-0.15, -0.1) is 10.1 Å². The van der Waals surface area contributed by atoms with Crippen molar-refractivity contribution in [3.63, 3.8) is 0 Å². The zero-order chi connectivity index (χ0) is 29.3. The van der Waals surface area contributed by atoms with Crippen molar-refractivity contribution < 1.29 is 62.2 Å². The first kappa shape index (κ1) is 31.3. The Bertz CT molecular complexity index is 896. The van der Waals surface area contributed by atoms with E-state index in [1.165, 1.54) is 0 Å². The second-order valence-electron chi connectivity index (χ2n) is 9.38.